The summed E-state index contributed by atoms with van der Waals surface area (Å²) < 4.78 is 0. The van der Waals surface area contributed by atoms with E-state index in [0.29, 0.717) is 11.5 Å². The van der Waals surface area contributed by atoms with Gasteiger partial charge in [0.05, 0.1) is 6.54 Å². The predicted molar refractivity (Wildman–Crippen MR) is 106 cm³/mol. The second-order valence-electron chi connectivity index (χ2n) is 7.34. The van der Waals surface area contributed by atoms with Crippen molar-refractivity contribution in [1.82, 2.24) is 15.1 Å². The molecule has 0 aromatic carbocycles. The van der Waals surface area contributed by atoms with E-state index in [4.69, 9.17) is 4.99 Å². The predicted octanol–water partition coefficient (Wildman–Crippen LogP) is 3.18. The smallest absolute Gasteiger partial charge is 0.193 e. The normalized spacial score (nSPS) is 23.5. The number of nitrogens with one attached hydrogen (secondary N) is 1. The van der Waals surface area contributed by atoms with Crippen molar-refractivity contribution >= 4 is 29.9 Å². The van der Waals surface area contributed by atoms with E-state index in [0.717, 1.165) is 32.1 Å². The monoisotopic (exact) mass is 422 g/mol. The van der Waals surface area contributed by atoms with Gasteiger partial charge in [-0.3, -0.25) is 9.89 Å². The highest BCUT2D eigenvalue weighted by molar-refractivity contribution is 14.0. The zero-order valence-electron chi connectivity index (χ0n) is 14.9. The van der Waals surface area contributed by atoms with Crippen molar-refractivity contribution in [3.05, 3.63) is 0 Å². The summed E-state index contributed by atoms with van der Waals surface area (Å²) in [6.45, 7) is 15.9. The molecule has 0 bridgehead atoms. The van der Waals surface area contributed by atoms with Gasteiger partial charge in [0.1, 0.15) is 0 Å². The second-order valence-corrected chi connectivity index (χ2v) is 7.34. The largest absolute Gasteiger partial charge is 0.357 e. The van der Waals surface area contributed by atoms with Gasteiger partial charge >= 0.3 is 0 Å². The third kappa shape index (κ3) is 5.55. The average Bonchev–Trinajstić information content (AvgIpc) is 3.08. The van der Waals surface area contributed by atoms with Crippen molar-refractivity contribution in [3.63, 3.8) is 0 Å². The first kappa shape index (κ1) is 20.0. The molecule has 0 spiro atoms. The summed E-state index contributed by atoms with van der Waals surface area (Å²) in [5.41, 5.74) is 0.426. The van der Waals surface area contributed by atoms with Crippen LogP contribution in [0.25, 0.3) is 0 Å². The molecule has 2 rings (SSSR count). The molecule has 2 saturated heterocycles. The third-order valence-electron chi connectivity index (χ3n) is 4.89. The SMILES string of the molecule is CCNC(=NCC(CC)N1CCCC1)N1CCC(C)(C)C1.I. The van der Waals surface area contributed by atoms with E-state index in [2.05, 4.69) is 42.8 Å². The molecule has 1 unspecified atom stereocenters. The maximum absolute atomic E-state index is 4.97. The van der Waals surface area contributed by atoms with Gasteiger partial charge in [0.15, 0.2) is 5.96 Å². The number of guanidine groups is 1. The second kappa shape index (κ2) is 9.30. The highest BCUT2D eigenvalue weighted by Gasteiger charge is 2.31. The fourth-order valence-electron chi connectivity index (χ4n) is 3.52. The summed E-state index contributed by atoms with van der Waals surface area (Å²) in [6.07, 6.45) is 5.19. The minimum Gasteiger partial charge on any atom is -0.357 e. The Labute approximate surface area is 154 Å². The van der Waals surface area contributed by atoms with E-state index < -0.39 is 0 Å². The van der Waals surface area contributed by atoms with E-state index in [9.17, 15) is 0 Å². The molecule has 2 heterocycles. The Kier molecular flexibility index (Phi) is 8.46. The molecule has 22 heavy (non-hydrogen) atoms. The Balaban J connectivity index is 0.00000242. The number of halogens is 1. The molecule has 2 aliphatic rings. The first-order valence-corrected chi connectivity index (χ1v) is 8.83. The van der Waals surface area contributed by atoms with Crippen LogP contribution >= 0.6 is 24.0 Å². The summed E-state index contributed by atoms with van der Waals surface area (Å²) in [7, 11) is 0. The lowest BCUT2D eigenvalue weighted by molar-refractivity contribution is 0.241. The number of nitrogens with zero attached hydrogens (tertiary/aromatic N) is 3. The van der Waals surface area contributed by atoms with Crippen LogP contribution in [0.3, 0.4) is 0 Å². The molecule has 4 nitrogen and oxygen atoms in total. The van der Waals surface area contributed by atoms with Gasteiger partial charge in [-0.1, -0.05) is 20.8 Å². The van der Waals surface area contributed by atoms with Gasteiger partial charge in [-0.25, -0.2) is 0 Å². The standard InChI is InChI=1S/C17H34N4.HI/c1-5-15(20-10-7-8-11-20)13-19-16(18-6-2)21-12-9-17(3,4)14-21;/h15H,5-14H2,1-4H3,(H,18,19);1H. The summed E-state index contributed by atoms with van der Waals surface area (Å²) in [4.78, 5) is 10.0. The highest BCUT2D eigenvalue weighted by Crippen LogP contribution is 2.28. The minimum atomic E-state index is 0. The van der Waals surface area contributed by atoms with Crippen LogP contribution in [0.1, 0.15) is 53.4 Å². The molecule has 2 aliphatic heterocycles. The molecule has 0 aliphatic carbocycles. The van der Waals surface area contributed by atoms with E-state index in [-0.39, 0.29) is 24.0 Å². The summed E-state index contributed by atoms with van der Waals surface area (Å²) in [6, 6.07) is 0.622. The van der Waals surface area contributed by atoms with Gasteiger partial charge in [0.25, 0.3) is 0 Å². The summed E-state index contributed by atoms with van der Waals surface area (Å²) in [5.74, 6) is 1.13. The molecule has 1 atom stereocenters. The lowest BCUT2D eigenvalue weighted by atomic mass is 9.93. The van der Waals surface area contributed by atoms with Crippen molar-refractivity contribution in [2.75, 3.05) is 39.3 Å². The van der Waals surface area contributed by atoms with Crippen LogP contribution in [0.15, 0.2) is 4.99 Å². The van der Waals surface area contributed by atoms with Crippen LogP contribution in [0.2, 0.25) is 0 Å². The molecule has 0 saturated carbocycles. The van der Waals surface area contributed by atoms with E-state index in [1.807, 2.05) is 0 Å². The van der Waals surface area contributed by atoms with Crippen LogP contribution in [-0.4, -0.2) is 61.1 Å². The topological polar surface area (TPSA) is 30.9 Å². The molecule has 1 N–H and O–H groups in total. The summed E-state index contributed by atoms with van der Waals surface area (Å²) >= 11 is 0. The van der Waals surface area contributed by atoms with Crippen LogP contribution in [-0.2, 0) is 0 Å². The van der Waals surface area contributed by atoms with Crippen molar-refractivity contribution in [3.8, 4) is 0 Å². The fraction of sp³-hybridized carbons (Fsp3) is 0.941. The first-order chi connectivity index (χ1) is 10.1. The van der Waals surface area contributed by atoms with Crippen LogP contribution in [0, 0.1) is 5.41 Å². The molecule has 5 heteroatoms. The lowest BCUT2D eigenvalue weighted by Gasteiger charge is -2.27. The van der Waals surface area contributed by atoms with Gasteiger partial charge in [-0.15, -0.1) is 24.0 Å². The highest BCUT2D eigenvalue weighted by atomic mass is 127. The minimum absolute atomic E-state index is 0. The van der Waals surface area contributed by atoms with Crippen molar-refractivity contribution in [1.29, 1.82) is 0 Å². The average molecular weight is 422 g/mol. The number of rotatable bonds is 5. The lowest BCUT2D eigenvalue weighted by Crippen LogP contribution is -2.42. The Morgan fingerprint density at radius 1 is 1.18 bits per heavy atom. The van der Waals surface area contributed by atoms with Gasteiger partial charge < -0.3 is 10.2 Å². The zero-order chi connectivity index (χ0) is 15.3. The molecular weight excluding hydrogens is 387 g/mol. The molecule has 130 valence electrons. The van der Waals surface area contributed by atoms with Crippen LogP contribution in [0.4, 0.5) is 0 Å². The number of aliphatic imine (C=N–C) groups is 1. The van der Waals surface area contributed by atoms with Crippen molar-refractivity contribution in [2.45, 2.75) is 59.4 Å². The Morgan fingerprint density at radius 2 is 1.86 bits per heavy atom. The Morgan fingerprint density at radius 3 is 2.36 bits per heavy atom. The first-order valence-electron chi connectivity index (χ1n) is 8.83. The quantitative estimate of drug-likeness (QED) is 0.420. The zero-order valence-corrected chi connectivity index (χ0v) is 17.2. The molecule has 0 amide bonds. The number of hydrogen-bond acceptors (Lipinski definition) is 2. The van der Waals surface area contributed by atoms with Gasteiger partial charge in [-0.05, 0) is 51.1 Å². The molecule has 0 radical (unpaired) electrons. The Hall–Kier alpha value is -0.0400. The van der Waals surface area contributed by atoms with Gasteiger partial charge in [0.2, 0.25) is 0 Å². The van der Waals surface area contributed by atoms with Crippen LogP contribution < -0.4 is 5.32 Å². The van der Waals surface area contributed by atoms with Gasteiger partial charge in [0, 0.05) is 25.7 Å². The Bertz CT molecular complexity index is 351. The van der Waals surface area contributed by atoms with Crippen molar-refractivity contribution < 1.29 is 0 Å². The molecule has 0 aromatic rings. The third-order valence-corrected chi connectivity index (χ3v) is 4.89. The fourth-order valence-corrected chi connectivity index (χ4v) is 3.52. The van der Waals surface area contributed by atoms with Crippen molar-refractivity contribution in [2.24, 2.45) is 10.4 Å². The molecular formula is C17H35IN4. The van der Waals surface area contributed by atoms with Gasteiger partial charge in [-0.2, -0.15) is 0 Å². The number of hydrogen-bond donors (Lipinski definition) is 1. The molecule has 2 fully saturated rings. The maximum atomic E-state index is 4.97. The van der Waals surface area contributed by atoms with E-state index in [1.165, 1.54) is 38.8 Å². The van der Waals surface area contributed by atoms with Crippen LogP contribution in [0.5, 0.6) is 0 Å². The molecule has 0 aromatic heterocycles. The maximum Gasteiger partial charge on any atom is 0.193 e. The van der Waals surface area contributed by atoms with E-state index >= 15 is 0 Å². The van der Waals surface area contributed by atoms with E-state index in [1.54, 1.807) is 0 Å². The summed E-state index contributed by atoms with van der Waals surface area (Å²) in [5, 5.41) is 3.49. The number of likely N-dealkylation sites (tertiary alicyclic amines) is 2.